The maximum atomic E-state index is 13.3. The van der Waals surface area contributed by atoms with E-state index in [1.54, 1.807) is 11.2 Å². The van der Waals surface area contributed by atoms with Crippen LogP contribution in [0, 0.1) is 13.8 Å². The van der Waals surface area contributed by atoms with Crippen LogP contribution in [-0.4, -0.2) is 10.9 Å². The summed E-state index contributed by atoms with van der Waals surface area (Å²) in [5.74, 6) is 0.586. The lowest BCUT2D eigenvalue weighted by Gasteiger charge is -2.19. The zero-order chi connectivity index (χ0) is 19.0. The van der Waals surface area contributed by atoms with Crippen LogP contribution in [0.3, 0.4) is 0 Å². The van der Waals surface area contributed by atoms with Crippen LogP contribution in [0.25, 0.3) is 10.2 Å². The number of halogens is 1. The monoisotopic (exact) mass is 396 g/mol. The summed E-state index contributed by atoms with van der Waals surface area (Å²) >= 11 is 7.71. The number of carbonyl (C=O) groups is 1. The second kappa shape index (κ2) is 7.18. The van der Waals surface area contributed by atoms with E-state index in [1.165, 1.54) is 11.3 Å². The molecule has 27 heavy (non-hydrogen) atoms. The van der Waals surface area contributed by atoms with Gasteiger partial charge in [0, 0.05) is 10.6 Å². The lowest BCUT2D eigenvalue weighted by Crippen LogP contribution is -2.30. The van der Waals surface area contributed by atoms with Crippen LogP contribution < -0.4 is 4.90 Å². The number of hydrogen-bond donors (Lipinski definition) is 0. The van der Waals surface area contributed by atoms with Gasteiger partial charge in [-0.3, -0.25) is 9.69 Å². The van der Waals surface area contributed by atoms with Crippen molar-refractivity contribution < 1.29 is 9.21 Å². The molecule has 2 heterocycles. The summed E-state index contributed by atoms with van der Waals surface area (Å²) in [6.07, 6.45) is 1.60. The topological polar surface area (TPSA) is 46.3 Å². The van der Waals surface area contributed by atoms with E-state index in [2.05, 4.69) is 0 Å². The van der Waals surface area contributed by atoms with Gasteiger partial charge in [-0.25, -0.2) is 4.98 Å². The number of fused-ring (bicyclic) bond motifs is 1. The molecule has 6 heteroatoms. The van der Waals surface area contributed by atoms with Crippen molar-refractivity contribution in [2.24, 2.45) is 0 Å². The van der Waals surface area contributed by atoms with Crippen LogP contribution in [-0.2, 0) is 6.54 Å². The van der Waals surface area contributed by atoms with Gasteiger partial charge in [-0.05, 0) is 55.8 Å². The molecular formula is C21H17ClN2O2S. The molecule has 0 aliphatic heterocycles. The van der Waals surface area contributed by atoms with Gasteiger partial charge in [-0.2, -0.15) is 0 Å². The number of aryl methyl sites for hydroxylation is 2. The molecule has 0 spiro atoms. The summed E-state index contributed by atoms with van der Waals surface area (Å²) in [5.41, 5.74) is 3.39. The molecule has 0 bridgehead atoms. The van der Waals surface area contributed by atoms with Crippen LogP contribution in [0.15, 0.2) is 59.2 Å². The van der Waals surface area contributed by atoms with E-state index in [0.717, 1.165) is 21.3 Å². The first kappa shape index (κ1) is 17.8. The van der Waals surface area contributed by atoms with Crippen molar-refractivity contribution in [1.82, 2.24) is 4.98 Å². The highest BCUT2D eigenvalue weighted by atomic mass is 35.5. The fraction of sp³-hybridized carbons (Fsp3) is 0.143. The summed E-state index contributed by atoms with van der Waals surface area (Å²) in [7, 11) is 0. The highest BCUT2D eigenvalue weighted by Gasteiger charge is 2.23. The zero-order valence-electron chi connectivity index (χ0n) is 14.9. The smallest absolute Gasteiger partial charge is 0.260 e. The van der Waals surface area contributed by atoms with E-state index in [1.807, 2.05) is 62.4 Å². The maximum absolute atomic E-state index is 13.3. The Morgan fingerprint density at radius 1 is 1.19 bits per heavy atom. The molecule has 2 aromatic carbocycles. The third-order valence-corrected chi connectivity index (χ3v) is 5.82. The summed E-state index contributed by atoms with van der Waals surface area (Å²) in [5, 5.41) is 1.29. The third kappa shape index (κ3) is 3.48. The van der Waals surface area contributed by atoms with Crippen LogP contribution in [0.1, 0.15) is 27.2 Å². The molecule has 0 saturated carbocycles. The summed E-state index contributed by atoms with van der Waals surface area (Å²) < 4.78 is 6.47. The Bertz CT molecular complexity index is 1120. The van der Waals surface area contributed by atoms with Gasteiger partial charge in [-0.1, -0.05) is 40.6 Å². The molecule has 0 fully saturated rings. The fourth-order valence-corrected chi connectivity index (χ4v) is 4.10. The van der Waals surface area contributed by atoms with Crippen molar-refractivity contribution in [3.8, 4) is 0 Å². The molecule has 1 amide bonds. The number of furan rings is 1. The number of rotatable bonds is 4. The van der Waals surface area contributed by atoms with Gasteiger partial charge in [0.2, 0.25) is 0 Å². The minimum Gasteiger partial charge on any atom is -0.467 e. The van der Waals surface area contributed by atoms with Gasteiger partial charge in [0.1, 0.15) is 5.76 Å². The molecular weight excluding hydrogens is 380 g/mol. The first-order chi connectivity index (χ1) is 13.0. The van der Waals surface area contributed by atoms with Crippen LogP contribution in [0.2, 0.25) is 5.02 Å². The lowest BCUT2D eigenvalue weighted by atomic mass is 10.1. The van der Waals surface area contributed by atoms with Crippen LogP contribution in [0.4, 0.5) is 5.13 Å². The molecule has 2 aromatic heterocycles. The van der Waals surface area contributed by atoms with Crippen LogP contribution >= 0.6 is 22.9 Å². The number of nitrogens with zero attached hydrogens (tertiary/aromatic N) is 2. The first-order valence-electron chi connectivity index (χ1n) is 8.49. The van der Waals surface area contributed by atoms with E-state index in [-0.39, 0.29) is 5.91 Å². The Morgan fingerprint density at radius 3 is 2.78 bits per heavy atom. The molecule has 4 rings (SSSR count). The van der Waals surface area contributed by atoms with E-state index in [4.69, 9.17) is 21.0 Å². The fourth-order valence-electron chi connectivity index (χ4n) is 2.92. The first-order valence-corrected chi connectivity index (χ1v) is 9.69. The van der Waals surface area contributed by atoms with Crippen LogP contribution in [0.5, 0.6) is 0 Å². The average molecular weight is 397 g/mol. The SMILES string of the molecule is Cc1cccc(C(=O)N(Cc2ccco2)c2nc3c(C)c(Cl)ccc3s2)c1. The quantitative estimate of drug-likeness (QED) is 0.424. The van der Waals surface area contributed by atoms with Crippen molar-refractivity contribution in [3.05, 3.63) is 82.3 Å². The lowest BCUT2D eigenvalue weighted by molar-refractivity contribution is 0.0983. The van der Waals surface area contributed by atoms with Gasteiger partial charge >= 0.3 is 0 Å². The minimum atomic E-state index is -0.113. The largest absolute Gasteiger partial charge is 0.467 e. The number of thiazole rings is 1. The Balaban J connectivity index is 1.80. The number of anilines is 1. The molecule has 136 valence electrons. The number of aromatic nitrogens is 1. The van der Waals surface area contributed by atoms with Gasteiger partial charge < -0.3 is 4.42 Å². The third-order valence-electron chi connectivity index (χ3n) is 4.37. The zero-order valence-corrected chi connectivity index (χ0v) is 16.5. The predicted octanol–water partition coefficient (Wildman–Crippen LogP) is 6.01. The van der Waals surface area contributed by atoms with Gasteiger partial charge in [0.25, 0.3) is 5.91 Å². The molecule has 0 saturated heterocycles. The summed E-state index contributed by atoms with van der Waals surface area (Å²) in [4.78, 5) is 19.7. The second-order valence-electron chi connectivity index (χ2n) is 6.36. The van der Waals surface area contributed by atoms with Crippen molar-refractivity contribution in [3.63, 3.8) is 0 Å². The van der Waals surface area contributed by atoms with Crippen molar-refractivity contribution >= 4 is 44.2 Å². The molecule has 0 aliphatic rings. The minimum absolute atomic E-state index is 0.113. The molecule has 0 aliphatic carbocycles. The van der Waals surface area contributed by atoms with E-state index >= 15 is 0 Å². The predicted molar refractivity (Wildman–Crippen MR) is 110 cm³/mol. The Labute approximate surface area is 166 Å². The molecule has 0 N–H and O–H groups in total. The maximum Gasteiger partial charge on any atom is 0.260 e. The number of benzene rings is 2. The normalized spacial score (nSPS) is 11.1. The summed E-state index contributed by atoms with van der Waals surface area (Å²) in [6, 6.07) is 15.0. The Kier molecular flexibility index (Phi) is 4.72. The van der Waals surface area contributed by atoms with Crippen molar-refractivity contribution in [1.29, 1.82) is 0 Å². The van der Waals surface area contributed by atoms with E-state index in [0.29, 0.717) is 28.0 Å². The van der Waals surface area contributed by atoms with Gasteiger partial charge in [-0.15, -0.1) is 0 Å². The van der Waals surface area contributed by atoms with Crippen molar-refractivity contribution in [2.45, 2.75) is 20.4 Å². The van der Waals surface area contributed by atoms with E-state index in [9.17, 15) is 4.79 Å². The summed E-state index contributed by atoms with van der Waals surface area (Å²) in [6.45, 7) is 4.22. The Hall–Kier alpha value is -2.63. The van der Waals surface area contributed by atoms with Gasteiger partial charge in [0.05, 0.1) is 23.0 Å². The number of carbonyl (C=O) groups excluding carboxylic acids is 1. The van der Waals surface area contributed by atoms with Gasteiger partial charge in [0.15, 0.2) is 5.13 Å². The Morgan fingerprint density at radius 2 is 2.04 bits per heavy atom. The van der Waals surface area contributed by atoms with Crippen molar-refractivity contribution in [2.75, 3.05) is 4.90 Å². The second-order valence-corrected chi connectivity index (χ2v) is 7.77. The number of amides is 1. The van der Waals surface area contributed by atoms with E-state index < -0.39 is 0 Å². The standard InChI is InChI=1S/C21H17ClN2O2S/c1-13-5-3-6-15(11-13)20(25)24(12-16-7-4-10-26-16)21-23-19-14(2)17(22)8-9-18(19)27-21/h3-11H,12H2,1-2H3. The highest BCUT2D eigenvalue weighted by Crippen LogP contribution is 2.34. The number of hydrogen-bond acceptors (Lipinski definition) is 4. The molecule has 0 radical (unpaired) electrons. The molecule has 4 aromatic rings. The highest BCUT2D eigenvalue weighted by molar-refractivity contribution is 7.22. The molecule has 0 unspecified atom stereocenters. The molecule has 0 atom stereocenters. The molecule has 4 nitrogen and oxygen atoms in total. The average Bonchev–Trinajstić information content (AvgIpc) is 3.32.